The van der Waals surface area contributed by atoms with Crippen molar-refractivity contribution in [1.82, 2.24) is 0 Å². The molecule has 0 atom stereocenters. The van der Waals surface area contributed by atoms with Crippen LogP contribution in [0.5, 0.6) is 5.75 Å². The quantitative estimate of drug-likeness (QED) is 0.383. The maximum absolute atomic E-state index is 12.8. The minimum Gasteiger partial charge on any atom is -0.463 e. The number of benzene rings is 3. The molecule has 4 heteroatoms. The van der Waals surface area contributed by atoms with Crippen LogP contribution in [0.25, 0.3) is 22.1 Å². The molecule has 0 aliphatic carbocycles. The molecular formula is C23H16O4. The number of esters is 1. The van der Waals surface area contributed by atoms with Crippen LogP contribution in [0.15, 0.2) is 88.3 Å². The van der Waals surface area contributed by atoms with E-state index in [-0.39, 0.29) is 5.43 Å². The first-order valence-electron chi connectivity index (χ1n) is 8.52. The first-order chi connectivity index (χ1) is 13.1. The normalized spacial score (nSPS) is 10.7. The minimum atomic E-state index is -0.464. The Balaban J connectivity index is 1.68. The molecule has 4 rings (SSSR count). The number of hydrogen-bond acceptors (Lipinski definition) is 4. The molecule has 0 aliphatic heterocycles. The van der Waals surface area contributed by atoms with Crippen molar-refractivity contribution < 1.29 is 13.9 Å². The Hall–Kier alpha value is -3.66. The van der Waals surface area contributed by atoms with Gasteiger partial charge in [-0.05, 0) is 36.8 Å². The van der Waals surface area contributed by atoms with E-state index in [4.69, 9.17) is 9.15 Å². The average molecular weight is 356 g/mol. The van der Waals surface area contributed by atoms with E-state index in [1.54, 1.807) is 42.5 Å². The van der Waals surface area contributed by atoms with Gasteiger partial charge in [-0.1, -0.05) is 48.0 Å². The summed E-state index contributed by atoms with van der Waals surface area (Å²) < 4.78 is 11.0. The standard InChI is InChI=1S/C23H16O4/c1-15-7-9-16(10-8-15)20-14-26-21-13-18(11-12-19(21)22(20)24)27-23(25)17-5-3-2-4-6-17/h2-14H,1H3. The Morgan fingerprint density at radius 3 is 2.41 bits per heavy atom. The SMILES string of the molecule is Cc1ccc(-c2coc3cc(OC(=O)c4ccccc4)ccc3c2=O)cc1. The van der Waals surface area contributed by atoms with Crippen molar-refractivity contribution in [3.63, 3.8) is 0 Å². The van der Waals surface area contributed by atoms with E-state index in [1.165, 1.54) is 6.26 Å². The monoisotopic (exact) mass is 356 g/mol. The summed E-state index contributed by atoms with van der Waals surface area (Å²) in [4.78, 5) is 25.0. The zero-order chi connectivity index (χ0) is 18.8. The van der Waals surface area contributed by atoms with E-state index in [2.05, 4.69) is 0 Å². The van der Waals surface area contributed by atoms with Gasteiger partial charge in [0.25, 0.3) is 0 Å². The van der Waals surface area contributed by atoms with Gasteiger partial charge in [-0.15, -0.1) is 0 Å². The summed E-state index contributed by atoms with van der Waals surface area (Å²) in [5.74, 6) is -0.142. The van der Waals surface area contributed by atoms with Gasteiger partial charge in [0.15, 0.2) is 5.43 Å². The number of rotatable bonds is 3. The van der Waals surface area contributed by atoms with Crippen LogP contribution in [-0.4, -0.2) is 5.97 Å². The van der Waals surface area contributed by atoms with Gasteiger partial charge in [0.1, 0.15) is 17.6 Å². The zero-order valence-corrected chi connectivity index (χ0v) is 14.6. The second-order valence-electron chi connectivity index (χ2n) is 6.26. The largest absolute Gasteiger partial charge is 0.463 e. The van der Waals surface area contributed by atoms with Crippen LogP contribution >= 0.6 is 0 Å². The van der Waals surface area contributed by atoms with E-state index in [0.717, 1.165) is 11.1 Å². The molecule has 3 aromatic carbocycles. The van der Waals surface area contributed by atoms with Crippen LogP contribution in [-0.2, 0) is 0 Å². The van der Waals surface area contributed by atoms with E-state index in [0.29, 0.717) is 27.8 Å². The van der Waals surface area contributed by atoms with E-state index in [1.807, 2.05) is 37.3 Å². The summed E-state index contributed by atoms with van der Waals surface area (Å²) in [6.07, 6.45) is 1.44. The lowest BCUT2D eigenvalue weighted by molar-refractivity contribution is 0.0735. The van der Waals surface area contributed by atoms with E-state index < -0.39 is 5.97 Å². The third-order valence-electron chi connectivity index (χ3n) is 4.33. The van der Waals surface area contributed by atoms with Gasteiger partial charge in [-0.2, -0.15) is 0 Å². The molecule has 0 saturated carbocycles. The Morgan fingerprint density at radius 1 is 0.926 bits per heavy atom. The van der Waals surface area contributed by atoms with Crippen LogP contribution < -0.4 is 10.2 Å². The van der Waals surface area contributed by atoms with Crippen molar-refractivity contribution in [3.05, 3.63) is 100 Å². The molecule has 27 heavy (non-hydrogen) atoms. The van der Waals surface area contributed by atoms with E-state index in [9.17, 15) is 9.59 Å². The molecule has 4 nitrogen and oxygen atoms in total. The number of aryl methyl sites for hydroxylation is 1. The lowest BCUT2D eigenvalue weighted by Gasteiger charge is -2.06. The number of ether oxygens (including phenoxy) is 1. The fraction of sp³-hybridized carbons (Fsp3) is 0.0435. The van der Waals surface area contributed by atoms with Crippen molar-refractivity contribution in [2.24, 2.45) is 0 Å². The Morgan fingerprint density at radius 2 is 1.67 bits per heavy atom. The molecule has 0 spiro atoms. The third-order valence-corrected chi connectivity index (χ3v) is 4.33. The van der Waals surface area contributed by atoms with Gasteiger partial charge in [0.05, 0.1) is 16.5 Å². The molecule has 0 fully saturated rings. The van der Waals surface area contributed by atoms with Crippen molar-refractivity contribution >= 4 is 16.9 Å². The van der Waals surface area contributed by atoms with Crippen LogP contribution in [0.1, 0.15) is 15.9 Å². The second kappa shape index (κ2) is 6.92. The summed E-state index contributed by atoms with van der Waals surface area (Å²) in [6.45, 7) is 1.99. The zero-order valence-electron chi connectivity index (χ0n) is 14.6. The molecule has 0 aliphatic rings. The average Bonchev–Trinajstić information content (AvgIpc) is 2.70. The van der Waals surface area contributed by atoms with Gasteiger partial charge in [0.2, 0.25) is 0 Å². The number of carbonyl (C=O) groups is 1. The van der Waals surface area contributed by atoms with Crippen LogP contribution in [0.2, 0.25) is 0 Å². The Bertz CT molecular complexity index is 1170. The first kappa shape index (κ1) is 16.8. The highest BCUT2D eigenvalue weighted by atomic mass is 16.5. The van der Waals surface area contributed by atoms with Crippen molar-refractivity contribution in [2.45, 2.75) is 6.92 Å². The molecule has 1 aromatic heterocycles. The number of fused-ring (bicyclic) bond motifs is 1. The number of carbonyl (C=O) groups excluding carboxylic acids is 1. The first-order valence-corrected chi connectivity index (χ1v) is 8.52. The van der Waals surface area contributed by atoms with Crippen molar-refractivity contribution in [3.8, 4) is 16.9 Å². The van der Waals surface area contributed by atoms with Crippen LogP contribution in [0.4, 0.5) is 0 Å². The predicted molar refractivity (Wildman–Crippen MR) is 104 cm³/mol. The molecule has 0 bridgehead atoms. The summed E-state index contributed by atoms with van der Waals surface area (Å²) in [6, 6.07) is 21.2. The molecule has 132 valence electrons. The van der Waals surface area contributed by atoms with Gasteiger partial charge >= 0.3 is 5.97 Å². The van der Waals surface area contributed by atoms with Gasteiger partial charge < -0.3 is 9.15 Å². The minimum absolute atomic E-state index is 0.124. The second-order valence-corrected chi connectivity index (χ2v) is 6.26. The van der Waals surface area contributed by atoms with Crippen LogP contribution in [0.3, 0.4) is 0 Å². The maximum Gasteiger partial charge on any atom is 0.343 e. The van der Waals surface area contributed by atoms with Crippen molar-refractivity contribution in [1.29, 1.82) is 0 Å². The molecule has 0 unspecified atom stereocenters. The third kappa shape index (κ3) is 3.37. The molecule has 0 saturated heterocycles. The fourth-order valence-electron chi connectivity index (χ4n) is 2.84. The summed E-state index contributed by atoms with van der Waals surface area (Å²) in [5, 5.41) is 0.438. The summed E-state index contributed by atoms with van der Waals surface area (Å²) >= 11 is 0. The molecule has 1 heterocycles. The van der Waals surface area contributed by atoms with Crippen molar-refractivity contribution in [2.75, 3.05) is 0 Å². The molecule has 0 amide bonds. The predicted octanol–water partition coefficient (Wildman–Crippen LogP) is 4.99. The lowest BCUT2D eigenvalue weighted by Crippen LogP contribution is -2.09. The smallest absolute Gasteiger partial charge is 0.343 e. The van der Waals surface area contributed by atoms with Gasteiger partial charge in [0, 0.05) is 6.07 Å². The highest BCUT2D eigenvalue weighted by Gasteiger charge is 2.12. The highest BCUT2D eigenvalue weighted by Crippen LogP contribution is 2.24. The van der Waals surface area contributed by atoms with Crippen LogP contribution in [0, 0.1) is 6.92 Å². The Labute approximate surface area is 155 Å². The molecule has 0 N–H and O–H groups in total. The van der Waals surface area contributed by atoms with Gasteiger partial charge in [-0.3, -0.25) is 4.79 Å². The molecular weight excluding hydrogens is 340 g/mol. The van der Waals surface area contributed by atoms with Gasteiger partial charge in [-0.25, -0.2) is 4.79 Å². The fourth-order valence-corrected chi connectivity index (χ4v) is 2.84. The topological polar surface area (TPSA) is 56.5 Å². The number of hydrogen-bond donors (Lipinski definition) is 0. The van der Waals surface area contributed by atoms with E-state index >= 15 is 0 Å². The summed E-state index contributed by atoms with van der Waals surface area (Å²) in [5.41, 5.74) is 3.12. The Kier molecular flexibility index (Phi) is 4.30. The lowest BCUT2D eigenvalue weighted by atomic mass is 10.0. The highest BCUT2D eigenvalue weighted by molar-refractivity contribution is 5.91. The molecule has 4 aromatic rings. The maximum atomic E-state index is 12.8. The summed E-state index contributed by atoms with van der Waals surface area (Å²) in [7, 11) is 0. The molecule has 0 radical (unpaired) electrons.